The number of hydrogen-bond acceptors (Lipinski definition) is 3. The van der Waals surface area contributed by atoms with Gasteiger partial charge in [-0.2, -0.15) is 0 Å². The summed E-state index contributed by atoms with van der Waals surface area (Å²) in [7, 11) is 2.06. The summed E-state index contributed by atoms with van der Waals surface area (Å²) < 4.78 is 0. The molecule has 0 saturated heterocycles. The van der Waals surface area contributed by atoms with Gasteiger partial charge in [0, 0.05) is 31.4 Å². The van der Waals surface area contributed by atoms with Crippen LogP contribution in [-0.4, -0.2) is 37.3 Å². The van der Waals surface area contributed by atoms with Gasteiger partial charge in [-0.15, -0.1) is 0 Å². The standard InChI is InChI=1S/C18H28N2O2/c1-3-11-20(2)16-9-7-15(8-10-16)18(22)19-13-14-5-4-6-17(21)12-14/h7-10,14,17,21H,3-6,11-13H2,1-2H3,(H,19,22). The molecule has 1 aromatic rings. The Morgan fingerprint density at radius 3 is 2.68 bits per heavy atom. The van der Waals surface area contributed by atoms with E-state index in [9.17, 15) is 9.90 Å². The second kappa shape index (κ2) is 8.18. The third kappa shape index (κ3) is 4.73. The largest absolute Gasteiger partial charge is 0.393 e. The van der Waals surface area contributed by atoms with Crippen LogP contribution in [0.5, 0.6) is 0 Å². The molecule has 1 aromatic carbocycles. The summed E-state index contributed by atoms with van der Waals surface area (Å²) >= 11 is 0. The molecule has 22 heavy (non-hydrogen) atoms. The van der Waals surface area contributed by atoms with Crippen LogP contribution in [0.15, 0.2) is 24.3 Å². The highest BCUT2D eigenvalue weighted by molar-refractivity contribution is 5.94. The molecule has 0 heterocycles. The van der Waals surface area contributed by atoms with Gasteiger partial charge in [0.05, 0.1) is 6.10 Å². The average Bonchev–Trinajstić information content (AvgIpc) is 2.53. The number of hydrogen-bond donors (Lipinski definition) is 2. The van der Waals surface area contributed by atoms with Gasteiger partial charge in [-0.25, -0.2) is 0 Å². The normalized spacial score (nSPS) is 21.4. The minimum absolute atomic E-state index is 0.0234. The van der Waals surface area contributed by atoms with Crippen molar-refractivity contribution in [2.75, 3.05) is 25.0 Å². The van der Waals surface area contributed by atoms with Crippen molar-refractivity contribution in [3.05, 3.63) is 29.8 Å². The smallest absolute Gasteiger partial charge is 0.251 e. The van der Waals surface area contributed by atoms with Gasteiger partial charge < -0.3 is 15.3 Å². The predicted molar refractivity (Wildman–Crippen MR) is 90.3 cm³/mol. The first-order chi connectivity index (χ1) is 10.6. The Bertz CT molecular complexity index is 472. The van der Waals surface area contributed by atoms with E-state index in [1.165, 1.54) is 0 Å². The Labute approximate surface area is 133 Å². The quantitative estimate of drug-likeness (QED) is 0.849. The SMILES string of the molecule is CCCN(C)c1ccc(C(=O)NCC2CCCC(O)C2)cc1. The highest BCUT2D eigenvalue weighted by atomic mass is 16.3. The summed E-state index contributed by atoms with van der Waals surface area (Å²) in [4.78, 5) is 14.4. The molecule has 2 atom stereocenters. The van der Waals surface area contributed by atoms with E-state index in [2.05, 4.69) is 24.2 Å². The predicted octanol–water partition coefficient (Wildman–Crippen LogP) is 2.81. The average molecular weight is 304 g/mol. The third-order valence-electron chi connectivity index (χ3n) is 4.44. The first-order valence-corrected chi connectivity index (χ1v) is 8.37. The molecule has 1 saturated carbocycles. The summed E-state index contributed by atoms with van der Waals surface area (Å²) in [6.45, 7) is 3.82. The molecular weight excluding hydrogens is 276 g/mol. The number of rotatable bonds is 6. The van der Waals surface area contributed by atoms with Crippen LogP contribution >= 0.6 is 0 Å². The van der Waals surface area contributed by atoms with Gasteiger partial charge in [0.1, 0.15) is 0 Å². The maximum Gasteiger partial charge on any atom is 0.251 e. The molecule has 0 aromatic heterocycles. The van der Waals surface area contributed by atoms with Gasteiger partial charge in [-0.3, -0.25) is 4.79 Å². The van der Waals surface area contributed by atoms with Crippen LogP contribution in [0.4, 0.5) is 5.69 Å². The van der Waals surface area contributed by atoms with Crippen LogP contribution in [0.2, 0.25) is 0 Å². The zero-order valence-electron chi connectivity index (χ0n) is 13.7. The van der Waals surface area contributed by atoms with Gasteiger partial charge >= 0.3 is 0 Å². The van der Waals surface area contributed by atoms with E-state index in [0.29, 0.717) is 18.0 Å². The number of aliphatic hydroxyl groups excluding tert-OH is 1. The van der Waals surface area contributed by atoms with Crippen molar-refractivity contribution in [3.63, 3.8) is 0 Å². The summed E-state index contributed by atoms with van der Waals surface area (Å²) in [6.07, 6.45) is 4.77. The van der Waals surface area contributed by atoms with Crippen molar-refractivity contribution in [2.24, 2.45) is 5.92 Å². The molecule has 1 aliphatic carbocycles. The molecule has 0 aliphatic heterocycles. The lowest BCUT2D eigenvalue weighted by Crippen LogP contribution is -2.33. The fourth-order valence-electron chi connectivity index (χ4n) is 3.12. The molecule has 2 N–H and O–H groups in total. The number of anilines is 1. The highest BCUT2D eigenvalue weighted by Gasteiger charge is 2.20. The van der Waals surface area contributed by atoms with Gasteiger partial charge in [-0.05, 0) is 55.9 Å². The summed E-state index contributed by atoms with van der Waals surface area (Å²) in [5.41, 5.74) is 1.83. The van der Waals surface area contributed by atoms with Crippen molar-refractivity contribution in [2.45, 2.75) is 45.1 Å². The fraction of sp³-hybridized carbons (Fsp3) is 0.611. The third-order valence-corrected chi connectivity index (χ3v) is 4.44. The van der Waals surface area contributed by atoms with E-state index in [1.807, 2.05) is 24.3 Å². The molecule has 1 fully saturated rings. The molecule has 122 valence electrons. The Morgan fingerprint density at radius 1 is 1.32 bits per heavy atom. The van der Waals surface area contributed by atoms with E-state index < -0.39 is 0 Å². The van der Waals surface area contributed by atoms with E-state index in [0.717, 1.165) is 44.3 Å². The molecule has 1 aliphatic rings. The summed E-state index contributed by atoms with van der Waals surface area (Å²) in [6, 6.07) is 7.75. The Balaban J connectivity index is 1.84. The molecule has 1 amide bonds. The number of benzene rings is 1. The minimum Gasteiger partial charge on any atom is -0.393 e. The van der Waals surface area contributed by atoms with Crippen LogP contribution in [0.3, 0.4) is 0 Å². The van der Waals surface area contributed by atoms with Crippen LogP contribution in [0.1, 0.15) is 49.4 Å². The second-order valence-electron chi connectivity index (χ2n) is 6.36. The molecule has 0 radical (unpaired) electrons. The maximum atomic E-state index is 12.2. The second-order valence-corrected chi connectivity index (χ2v) is 6.36. The Hall–Kier alpha value is -1.55. The molecule has 2 rings (SSSR count). The van der Waals surface area contributed by atoms with Crippen molar-refractivity contribution >= 4 is 11.6 Å². The first-order valence-electron chi connectivity index (χ1n) is 8.37. The monoisotopic (exact) mass is 304 g/mol. The van der Waals surface area contributed by atoms with E-state index in [4.69, 9.17) is 0 Å². The van der Waals surface area contributed by atoms with Crippen LogP contribution in [0, 0.1) is 5.92 Å². The van der Waals surface area contributed by atoms with Crippen LogP contribution < -0.4 is 10.2 Å². The number of nitrogens with one attached hydrogen (secondary N) is 1. The van der Waals surface area contributed by atoms with Crippen LogP contribution in [0.25, 0.3) is 0 Å². The summed E-state index contributed by atoms with van der Waals surface area (Å²) in [5.74, 6) is 0.382. The zero-order chi connectivity index (χ0) is 15.9. The molecular formula is C18H28N2O2. The lowest BCUT2D eigenvalue weighted by molar-refractivity contribution is 0.0874. The molecule has 2 unspecified atom stereocenters. The van der Waals surface area contributed by atoms with Gasteiger partial charge in [0.15, 0.2) is 0 Å². The summed E-state index contributed by atoms with van der Waals surface area (Å²) in [5, 5.41) is 12.7. The van der Waals surface area contributed by atoms with Gasteiger partial charge in [0.2, 0.25) is 0 Å². The number of carbonyl (C=O) groups is 1. The van der Waals surface area contributed by atoms with Crippen molar-refractivity contribution in [1.82, 2.24) is 5.32 Å². The molecule has 4 heteroatoms. The first kappa shape index (κ1) is 16.8. The molecule has 4 nitrogen and oxygen atoms in total. The minimum atomic E-state index is -0.191. The van der Waals surface area contributed by atoms with Crippen LogP contribution in [-0.2, 0) is 0 Å². The highest BCUT2D eigenvalue weighted by Crippen LogP contribution is 2.23. The lowest BCUT2D eigenvalue weighted by Gasteiger charge is -2.25. The Morgan fingerprint density at radius 2 is 2.05 bits per heavy atom. The van der Waals surface area contributed by atoms with E-state index in [-0.39, 0.29) is 12.0 Å². The van der Waals surface area contributed by atoms with E-state index in [1.54, 1.807) is 0 Å². The lowest BCUT2D eigenvalue weighted by atomic mass is 9.87. The van der Waals surface area contributed by atoms with Crippen molar-refractivity contribution in [3.8, 4) is 0 Å². The molecule has 0 spiro atoms. The van der Waals surface area contributed by atoms with Crippen molar-refractivity contribution < 1.29 is 9.90 Å². The fourth-order valence-corrected chi connectivity index (χ4v) is 3.12. The number of carbonyl (C=O) groups excluding carboxylic acids is 1. The zero-order valence-corrected chi connectivity index (χ0v) is 13.7. The molecule has 0 bridgehead atoms. The maximum absolute atomic E-state index is 12.2. The number of amides is 1. The van der Waals surface area contributed by atoms with Gasteiger partial charge in [0.25, 0.3) is 5.91 Å². The topological polar surface area (TPSA) is 52.6 Å². The van der Waals surface area contributed by atoms with Crippen molar-refractivity contribution in [1.29, 1.82) is 0 Å². The Kier molecular flexibility index (Phi) is 6.25. The van der Waals surface area contributed by atoms with E-state index >= 15 is 0 Å². The number of aliphatic hydroxyl groups is 1. The van der Waals surface area contributed by atoms with Gasteiger partial charge in [-0.1, -0.05) is 13.3 Å². The number of nitrogens with zero attached hydrogens (tertiary/aromatic N) is 1.